The van der Waals surface area contributed by atoms with E-state index in [9.17, 15) is 4.79 Å². The maximum atomic E-state index is 11.2. The average molecular weight is 270 g/mol. The highest BCUT2D eigenvalue weighted by Gasteiger charge is 2.20. The second-order valence-corrected chi connectivity index (χ2v) is 4.57. The van der Waals surface area contributed by atoms with Crippen LogP contribution in [0.1, 0.15) is 0 Å². The average Bonchev–Trinajstić information content (AvgIpc) is 2.40. The molecule has 2 heterocycles. The zero-order valence-corrected chi connectivity index (χ0v) is 11.1. The van der Waals surface area contributed by atoms with Crippen LogP contribution in [0.25, 0.3) is 0 Å². The summed E-state index contributed by atoms with van der Waals surface area (Å²) in [6.07, 6.45) is 3.39. The standard InChI is InChI=1S/C12H16ClN3O2/c1-18-12(17)9-15-4-6-16(7-5-15)11-2-3-14-8-10(11)13/h2-3,8H,4-7,9H2,1H3. The van der Waals surface area contributed by atoms with Crippen LogP contribution in [0.15, 0.2) is 18.5 Å². The number of methoxy groups -OCH3 is 1. The maximum absolute atomic E-state index is 11.2. The van der Waals surface area contributed by atoms with Gasteiger partial charge in [0, 0.05) is 38.6 Å². The number of hydrogen-bond donors (Lipinski definition) is 0. The van der Waals surface area contributed by atoms with E-state index < -0.39 is 0 Å². The minimum Gasteiger partial charge on any atom is -0.468 e. The highest BCUT2D eigenvalue weighted by molar-refractivity contribution is 6.33. The predicted octanol–water partition coefficient (Wildman–Crippen LogP) is 1.03. The molecule has 0 aromatic carbocycles. The molecule has 1 aromatic heterocycles. The van der Waals surface area contributed by atoms with Crippen molar-refractivity contribution in [3.63, 3.8) is 0 Å². The third-order valence-electron chi connectivity index (χ3n) is 3.04. The van der Waals surface area contributed by atoms with Crippen molar-refractivity contribution < 1.29 is 9.53 Å². The van der Waals surface area contributed by atoms with Crippen LogP contribution in [0.4, 0.5) is 5.69 Å². The van der Waals surface area contributed by atoms with Crippen molar-refractivity contribution in [1.82, 2.24) is 9.88 Å². The monoisotopic (exact) mass is 269 g/mol. The fourth-order valence-corrected chi connectivity index (χ4v) is 2.26. The van der Waals surface area contributed by atoms with Crippen LogP contribution in [-0.2, 0) is 9.53 Å². The van der Waals surface area contributed by atoms with Crippen molar-refractivity contribution in [2.75, 3.05) is 44.7 Å². The van der Waals surface area contributed by atoms with E-state index in [0.717, 1.165) is 31.9 Å². The first kappa shape index (κ1) is 13.1. The lowest BCUT2D eigenvalue weighted by Gasteiger charge is -2.35. The molecule has 0 atom stereocenters. The minimum atomic E-state index is -0.189. The third kappa shape index (κ3) is 3.11. The van der Waals surface area contributed by atoms with E-state index in [1.807, 2.05) is 6.07 Å². The molecule has 0 spiro atoms. The van der Waals surface area contributed by atoms with Gasteiger partial charge in [-0.25, -0.2) is 0 Å². The van der Waals surface area contributed by atoms with Gasteiger partial charge < -0.3 is 9.64 Å². The number of carbonyl (C=O) groups is 1. The first-order valence-corrected chi connectivity index (χ1v) is 6.22. The molecule has 0 radical (unpaired) electrons. The zero-order chi connectivity index (χ0) is 13.0. The Morgan fingerprint density at radius 3 is 2.78 bits per heavy atom. The van der Waals surface area contributed by atoms with E-state index >= 15 is 0 Å². The molecular weight excluding hydrogens is 254 g/mol. The SMILES string of the molecule is COC(=O)CN1CCN(c2ccncc2Cl)CC1. The summed E-state index contributed by atoms with van der Waals surface area (Å²) >= 11 is 6.11. The lowest BCUT2D eigenvalue weighted by Crippen LogP contribution is -2.48. The van der Waals surface area contributed by atoms with Gasteiger partial charge in [0.15, 0.2) is 0 Å². The summed E-state index contributed by atoms with van der Waals surface area (Å²) < 4.78 is 4.66. The summed E-state index contributed by atoms with van der Waals surface area (Å²) in [5.41, 5.74) is 1.00. The number of aromatic nitrogens is 1. The summed E-state index contributed by atoms with van der Waals surface area (Å²) in [7, 11) is 1.41. The molecule has 0 amide bonds. The molecule has 0 saturated carbocycles. The molecule has 98 valence electrons. The number of carbonyl (C=O) groups excluding carboxylic acids is 1. The summed E-state index contributed by atoms with van der Waals surface area (Å²) in [4.78, 5) is 19.4. The Morgan fingerprint density at radius 1 is 1.44 bits per heavy atom. The molecule has 1 aromatic rings. The first-order chi connectivity index (χ1) is 8.70. The van der Waals surface area contributed by atoms with E-state index in [1.165, 1.54) is 7.11 Å². The number of pyridine rings is 1. The van der Waals surface area contributed by atoms with Gasteiger partial charge in [-0.2, -0.15) is 0 Å². The number of hydrogen-bond acceptors (Lipinski definition) is 5. The lowest BCUT2D eigenvalue weighted by molar-refractivity contribution is -0.142. The zero-order valence-electron chi connectivity index (χ0n) is 10.3. The topological polar surface area (TPSA) is 45.7 Å². The van der Waals surface area contributed by atoms with Crippen LogP contribution in [0, 0.1) is 0 Å². The van der Waals surface area contributed by atoms with Crippen molar-refractivity contribution in [3.05, 3.63) is 23.5 Å². The van der Waals surface area contributed by atoms with Gasteiger partial charge in [0.25, 0.3) is 0 Å². The Balaban J connectivity index is 1.91. The van der Waals surface area contributed by atoms with Crippen LogP contribution in [0.2, 0.25) is 5.02 Å². The smallest absolute Gasteiger partial charge is 0.319 e. The fraction of sp³-hybridized carbons (Fsp3) is 0.500. The molecule has 18 heavy (non-hydrogen) atoms. The van der Waals surface area contributed by atoms with Crippen molar-refractivity contribution >= 4 is 23.3 Å². The number of rotatable bonds is 3. The number of esters is 1. The number of halogens is 1. The van der Waals surface area contributed by atoms with Crippen LogP contribution in [0.5, 0.6) is 0 Å². The molecule has 0 N–H and O–H groups in total. The normalized spacial score (nSPS) is 16.7. The van der Waals surface area contributed by atoms with Crippen LogP contribution < -0.4 is 4.90 Å². The Labute approximate surface area is 111 Å². The summed E-state index contributed by atoms with van der Waals surface area (Å²) in [5.74, 6) is -0.189. The quantitative estimate of drug-likeness (QED) is 0.767. The molecule has 1 aliphatic heterocycles. The Morgan fingerprint density at radius 2 is 2.17 bits per heavy atom. The predicted molar refractivity (Wildman–Crippen MR) is 69.9 cm³/mol. The van der Waals surface area contributed by atoms with Crippen molar-refractivity contribution in [2.24, 2.45) is 0 Å². The van der Waals surface area contributed by atoms with Gasteiger partial charge in [0.2, 0.25) is 0 Å². The molecule has 6 heteroatoms. The van der Waals surface area contributed by atoms with Crippen molar-refractivity contribution in [1.29, 1.82) is 0 Å². The largest absolute Gasteiger partial charge is 0.468 e. The van der Waals surface area contributed by atoms with Gasteiger partial charge in [-0.3, -0.25) is 14.7 Å². The Kier molecular flexibility index (Phi) is 4.38. The number of anilines is 1. The van der Waals surface area contributed by atoms with Crippen LogP contribution in [-0.4, -0.2) is 55.7 Å². The molecule has 2 rings (SSSR count). The number of ether oxygens (including phenoxy) is 1. The highest BCUT2D eigenvalue weighted by atomic mass is 35.5. The molecular formula is C12H16ClN3O2. The maximum Gasteiger partial charge on any atom is 0.319 e. The van der Waals surface area contributed by atoms with E-state index in [2.05, 4.69) is 19.5 Å². The van der Waals surface area contributed by atoms with Crippen molar-refractivity contribution in [2.45, 2.75) is 0 Å². The molecule has 0 unspecified atom stereocenters. The van der Waals surface area contributed by atoms with Gasteiger partial charge in [-0.15, -0.1) is 0 Å². The lowest BCUT2D eigenvalue weighted by atomic mass is 10.2. The third-order valence-corrected chi connectivity index (χ3v) is 3.34. The summed E-state index contributed by atoms with van der Waals surface area (Å²) in [5, 5.41) is 0.666. The Bertz CT molecular complexity index is 420. The highest BCUT2D eigenvalue weighted by Crippen LogP contribution is 2.24. The second-order valence-electron chi connectivity index (χ2n) is 4.17. The molecule has 0 bridgehead atoms. The van der Waals surface area contributed by atoms with E-state index in [-0.39, 0.29) is 5.97 Å². The van der Waals surface area contributed by atoms with E-state index in [1.54, 1.807) is 12.4 Å². The summed E-state index contributed by atoms with van der Waals surface area (Å²) in [6.45, 7) is 3.71. The molecule has 1 saturated heterocycles. The molecule has 1 fully saturated rings. The van der Waals surface area contributed by atoms with Crippen LogP contribution >= 0.6 is 11.6 Å². The minimum absolute atomic E-state index is 0.189. The fourth-order valence-electron chi connectivity index (χ4n) is 2.02. The van der Waals surface area contributed by atoms with Gasteiger partial charge >= 0.3 is 5.97 Å². The van der Waals surface area contributed by atoms with Gasteiger partial charge in [0.1, 0.15) is 0 Å². The van der Waals surface area contributed by atoms with Gasteiger partial charge in [-0.05, 0) is 6.07 Å². The molecule has 0 aliphatic carbocycles. The molecule has 1 aliphatic rings. The Hall–Kier alpha value is -1.33. The number of nitrogens with zero attached hydrogens (tertiary/aromatic N) is 3. The van der Waals surface area contributed by atoms with E-state index in [4.69, 9.17) is 11.6 Å². The number of piperazine rings is 1. The van der Waals surface area contributed by atoms with Crippen LogP contribution in [0.3, 0.4) is 0 Å². The molecule has 5 nitrogen and oxygen atoms in total. The van der Waals surface area contributed by atoms with Gasteiger partial charge in [-0.1, -0.05) is 11.6 Å². The van der Waals surface area contributed by atoms with Crippen molar-refractivity contribution in [3.8, 4) is 0 Å². The second kappa shape index (κ2) is 6.02. The summed E-state index contributed by atoms with van der Waals surface area (Å²) in [6, 6.07) is 1.91. The van der Waals surface area contributed by atoms with E-state index in [0.29, 0.717) is 11.6 Å². The van der Waals surface area contributed by atoms with Gasteiger partial charge in [0.05, 0.1) is 24.4 Å². The first-order valence-electron chi connectivity index (χ1n) is 5.84.